The van der Waals surface area contributed by atoms with Crippen LogP contribution in [0.5, 0.6) is 0 Å². The highest BCUT2D eigenvalue weighted by molar-refractivity contribution is 5.12. The molecule has 2 rings (SSSR count). The van der Waals surface area contributed by atoms with Crippen molar-refractivity contribution < 1.29 is 8.78 Å². The fraction of sp³-hybridized carbons (Fsp3) is 0.250. The standard InChI is InChI=1S/C12H11F2N3/c13-12(14)10-7-16-11(17-8-10)2-1-9-3-5-15-6-4-9/h3-8,12H,1-2H2. The summed E-state index contributed by atoms with van der Waals surface area (Å²) in [7, 11) is 0. The van der Waals surface area contributed by atoms with E-state index >= 15 is 0 Å². The van der Waals surface area contributed by atoms with Crippen LogP contribution in [-0.4, -0.2) is 15.0 Å². The molecule has 0 N–H and O–H groups in total. The van der Waals surface area contributed by atoms with Crippen LogP contribution in [0.15, 0.2) is 36.9 Å². The average Bonchev–Trinajstić information content (AvgIpc) is 2.38. The number of aryl methyl sites for hydroxylation is 2. The predicted octanol–water partition coefficient (Wildman–Crippen LogP) is 2.59. The highest BCUT2D eigenvalue weighted by atomic mass is 19.3. The van der Waals surface area contributed by atoms with Crippen molar-refractivity contribution in [3.63, 3.8) is 0 Å². The third-order valence-corrected chi connectivity index (χ3v) is 2.36. The Kier molecular flexibility index (Phi) is 3.69. The molecule has 0 unspecified atom stereocenters. The summed E-state index contributed by atoms with van der Waals surface area (Å²) in [4.78, 5) is 11.7. The molecule has 0 amide bonds. The minimum absolute atomic E-state index is 0.141. The third kappa shape index (κ3) is 3.27. The van der Waals surface area contributed by atoms with E-state index in [-0.39, 0.29) is 5.56 Å². The molecule has 0 aliphatic carbocycles. The summed E-state index contributed by atoms with van der Waals surface area (Å²) in [5.74, 6) is 0.575. The molecule has 0 saturated carbocycles. The first-order valence-corrected chi connectivity index (χ1v) is 5.23. The lowest BCUT2D eigenvalue weighted by molar-refractivity contribution is 0.150. The summed E-state index contributed by atoms with van der Waals surface area (Å²) in [6, 6.07) is 3.82. The predicted molar refractivity (Wildman–Crippen MR) is 58.6 cm³/mol. The molecule has 17 heavy (non-hydrogen) atoms. The van der Waals surface area contributed by atoms with Gasteiger partial charge in [0.2, 0.25) is 0 Å². The molecular formula is C12H11F2N3. The van der Waals surface area contributed by atoms with E-state index < -0.39 is 6.43 Å². The second-order valence-electron chi connectivity index (χ2n) is 3.59. The molecule has 0 saturated heterocycles. The van der Waals surface area contributed by atoms with E-state index in [1.807, 2.05) is 12.1 Å². The molecule has 0 aliphatic rings. The maximum absolute atomic E-state index is 12.3. The number of alkyl halides is 2. The van der Waals surface area contributed by atoms with Gasteiger partial charge in [0.15, 0.2) is 0 Å². The Labute approximate surface area is 97.6 Å². The van der Waals surface area contributed by atoms with Crippen LogP contribution in [0.1, 0.15) is 23.4 Å². The van der Waals surface area contributed by atoms with Gasteiger partial charge >= 0.3 is 0 Å². The van der Waals surface area contributed by atoms with Gasteiger partial charge in [-0.05, 0) is 24.1 Å². The van der Waals surface area contributed by atoms with E-state index in [4.69, 9.17) is 0 Å². The van der Waals surface area contributed by atoms with E-state index in [1.54, 1.807) is 12.4 Å². The molecule has 0 aromatic carbocycles. The SMILES string of the molecule is FC(F)c1cnc(CCc2ccncc2)nc1. The fourth-order valence-electron chi connectivity index (χ4n) is 1.41. The first-order chi connectivity index (χ1) is 8.25. The molecule has 88 valence electrons. The minimum Gasteiger partial charge on any atom is -0.265 e. The molecule has 0 fully saturated rings. The monoisotopic (exact) mass is 235 g/mol. The lowest BCUT2D eigenvalue weighted by Crippen LogP contribution is -1.99. The molecule has 2 aromatic rings. The van der Waals surface area contributed by atoms with Gasteiger partial charge in [-0.15, -0.1) is 0 Å². The first-order valence-electron chi connectivity index (χ1n) is 5.23. The Morgan fingerprint density at radius 1 is 1.00 bits per heavy atom. The van der Waals surface area contributed by atoms with Crippen molar-refractivity contribution in [2.45, 2.75) is 19.3 Å². The zero-order valence-electron chi connectivity index (χ0n) is 9.05. The van der Waals surface area contributed by atoms with Gasteiger partial charge in [0.25, 0.3) is 6.43 Å². The summed E-state index contributed by atoms with van der Waals surface area (Å²) in [6.07, 6.45) is 4.69. The van der Waals surface area contributed by atoms with Crippen LogP contribution in [0, 0.1) is 0 Å². The molecule has 5 heteroatoms. The van der Waals surface area contributed by atoms with Crippen molar-refractivity contribution in [2.75, 3.05) is 0 Å². The van der Waals surface area contributed by atoms with Gasteiger partial charge < -0.3 is 0 Å². The Hall–Kier alpha value is -1.91. The largest absolute Gasteiger partial charge is 0.266 e. The van der Waals surface area contributed by atoms with Gasteiger partial charge in [-0.2, -0.15) is 0 Å². The second-order valence-corrected chi connectivity index (χ2v) is 3.59. The quantitative estimate of drug-likeness (QED) is 0.817. The van der Waals surface area contributed by atoms with Crippen LogP contribution in [0.3, 0.4) is 0 Å². The van der Waals surface area contributed by atoms with Crippen molar-refractivity contribution in [1.82, 2.24) is 15.0 Å². The van der Waals surface area contributed by atoms with Crippen LogP contribution in [0.2, 0.25) is 0 Å². The normalized spacial score (nSPS) is 10.8. The molecule has 3 nitrogen and oxygen atoms in total. The number of halogens is 2. The Balaban J connectivity index is 1.96. The van der Waals surface area contributed by atoms with Gasteiger partial charge in [0.1, 0.15) is 5.82 Å². The van der Waals surface area contributed by atoms with Crippen LogP contribution in [0.25, 0.3) is 0 Å². The molecule has 0 aliphatic heterocycles. The van der Waals surface area contributed by atoms with Crippen LogP contribution in [0.4, 0.5) is 8.78 Å². The molecule has 0 spiro atoms. The van der Waals surface area contributed by atoms with Crippen LogP contribution >= 0.6 is 0 Å². The number of rotatable bonds is 4. The van der Waals surface area contributed by atoms with Gasteiger partial charge in [0, 0.05) is 31.2 Å². The van der Waals surface area contributed by atoms with Crippen molar-refractivity contribution in [2.24, 2.45) is 0 Å². The highest BCUT2D eigenvalue weighted by Crippen LogP contribution is 2.16. The zero-order chi connectivity index (χ0) is 12.1. The maximum atomic E-state index is 12.3. The third-order valence-electron chi connectivity index (χ3n) is 2.36. The highest BCUT2D eigenvalue weighted by Gasteiger charge is 2.07. The molecule has 2 aromatic heterocycles. The molecule has 0 radical (unpaired) electrons. The molecular weight excluding hydrogens is 224 g/mol. The average molecular weight is 235 g/mol. The van der Waals surface area contributed by atoms with E-state index in [0.29, 0.717) is 12.2 Å². The number of nitrogens with zero attached hydrogens (tertiary/aromatic N) is 3. The summed E-state index contributed by atoms with van der Waals surface area (Å²) in [6.45, 7) is 0. The number of aromatic nitrogens is 3. The lowest BCUT2D eigenvalue weighted by Gasteiger charge is -2.02. The molecule has 2 heterocycles. The van der Waals surface area contributed by atoms with Crippen molar-refractivity contribution in [3.05, 3.63) is 53.9 Å². The van der Waals surface area contributed by atoms with Gasteiger partial charge in [0.05, 0.1) is 5.56 Å². The topological polar surface area (TPSA) is 38.7 Å². The first kappa shape index (κ1) is 11.6. The van der Waals surface area contributed by atoms with E-state index in [9.17, 15) is 8.78 Å². The fourth-order valence-corrected chi connectivity index (χ4v) is 1.41. The van der Waals surface area contributed by atoms with Crippen molar-refractivity contribution >= 4 is 0 Å². The van der Waals surface area contributed by atoms with Gasteiger partial charge in [-0.1, -0.05) is 0 Å². The van der Waals surface area contributed by atoms with Gasteiger partial charge in [-0.25, -0.2) is 18.7 Å². The van der Waals surface area contributed by atoms with Crippen LogP contribution in [-0.2, 0) is 12.8 Å². The molecule has 0 bridgehead atoms. The minimum atomic E-state index is -2.51. The van der Waals surface area contributed by atoms with E-state index in [1.165, 1.54) is 12.4 Å². The number of hydrogen-bond acceptors (Lipinski definition) is 3. The summed E-state index contributed by atoms with van der Waals surface area (Å²) in [5, 5.41) is 0. The van der Waals surface area contributed by atoms with Crippen LogP contribution < -0.4 is 0 Å². The van der Waals surface area contributed by atoms with Crippen molar-refractivity contribution in [3.8, 4) is 0 Å². The van der Waals surface area contributed by atoms with Crippen molar-refractivity contribution in [1.29, 1.82) is 0 Å². The maximum Gasteiger partial charge on any atom is 0.266 e. The van der Waals surface area contributed by atoms with Gasteiger partial charge in [-0.3, -0.25) is 4.98 Å². The van der Waals surface area contributed by atoms with E-state index in [0.717, 1.165) is 12.0 Å². The lowest BCUT2D eigenvalue weighted by atomic mass is 10.1. The summed E-state index contributed by atoms with van der Waals surface area (Å²) in [5.41, 5.74) is 0.985. The summed E-state index contributed by atoms with van der Waals surface area (Å²) < 4.78 is 24.5. The number of hydrogen-bond donors (Lipinski definition) is 0. The molecule has 0 atom stereocenters. The Bertz CT molecular complexity index is 457. The smallest absolute Gasteiger partial charge is 0.265 e. The summed E-state index contributed by atoms with van der Waals surface area (Å²) >= 11 is 0. The second kappa shape index (κ2) is 5.43. The number of pyridine rings is 1. The zero-order valence-corrected chi connectivity index (χ0v) is 9.05. The van der Waals surface area contributed by atoms with E-state index in [2.05, 4.69) is 15.0 Å². The Morgan fingerprint density at radius 3 is 2.24 bits per heavy atom. The Morgan fingerprint density at radius 2 is 1.65 bits per heavy atom.